The molecule has 1 aromatic heterocycles. The maximum Gasteiger partial charge on any atom is 0.291 e. The molecule has 17 heavy (non-hydrogen) atoms. The second-order valence-corrected chi connectivity index (χ2v) is 3.09. The largest absolute Gasteiger partial charge is 0.291 e. The third-order valence-electron chi connectivity index (χ3n) is 1.89. The molecule has 0 aromatic carbocycles. The minimum absolute atomic E-state index is 0.0492. The van der Waals surface area contributed by atoms with E-state index < -0.39 is 4.92 Å². The van der Waals surface area contributed by atoms with Crippen LogP contribution in [0.2, 0.25) is 0 Å². The van der Waals surface area contributed by atoms with Gasteiger partial charge in [0.15, 0.2) is 0 Å². The monoisotopic (exact) mass is 231 g/mol. The first-order chi connectivity index (χ1) is 8.15. The number of hydrogen-bond acceptors (Lipinski definition) is 4. The molecule has 0 aliphatic rings. The summed E-state index contributed by atoms with van der Waals surface area (Å²) < 4.78 is 0. The number of pyridine rings is 1. The lowest BCUT2D eigenvalue weighted by atomic mass is 10.2. The molecule has 1 aromatic rings. The molecule has 0 unspecified atom stereocenters. The number of hydrogen-bond donors (Lipinski definition) is 0. The highest BCUT2D eigenvalue weighted by Crippen LogP contribution is 2.15. The van der Waals surface area contributed by atoms with E-state index in [1.54, 1.807) is 6.92 Å². The van der Waals surface area contributed by atoms with Gasteiger partial charge in [-0.3, -0.25) is 15.1 Å². The first kappa shape index (κ1) is 12.5. The lowest BCUT2D eigenvalue weighted by Gasteiger charge is -1.95. The minimum atomic E-state index is -0.493. The van der Waals surface area contributed by atoms with Gasteiger partial charge in [0.2, 0.25) is 0 Å². The van der Waals surface area contributed by atoms with Crippen LogP contribution in [-0.4, -0.2) is 16.5 Å². The summed E-state index contributed by atoms with van der Waals surface area (Å²) in [5.41, 5.74) is 8.82. The van der Waals surface area contributed by atoms with Crippen LogP contribution < -0.4 is 0 Å². The Balaban J connectivity index is 2.82. The van der Waals surface area contributed by atoms with Crippen LogP contribution in [0.4, 0.5) is 5.69 Å². The molecule has 0 radical (unpaired) electrons. The Bertz CT molecular complexity index is 537. The Kier molecular flexibility index (Phi) is 4.48. The van der Waals surface area contributed by atoms with Crippen molar-refractivity contribution >= 4 is 5.69 Å². The molecule has 1 heterocycles. The quantitative estimate of drug-likeness (QED) is 0.151. The van der Waals surface area contributed by atoms with Gasteiger partial charge in [-0.25, -0.2) is 0 Å². The molecule has 0 aliphatic heterocycles. The van der Waals surface area contributed by atoms with E-state index in [0.717, 1.165) is 0 Å². The van der Waals surface area contributed by atoms with Crippen molar-refractivity contribution in [2.75, 3.05) is 6.54 Å². The Labute approximate surface area is 97.3 Å². The highest BCUT2D eigenvalue weighted by Gasteiger charge is 2.11. The number of nitro groups is 1. The standard InChI is InChI=1S/C10H9N5O2/c1-8-10(15(16)17)6-9(7-12-8)4-2-3-5-13-14-11/h6-7H,3,5H2,1H3. The summed E-state index contributed by atoms with van der Waals surface area (Å²) in [5, 5.41) is 14.0. The molecule has 0 atom stereocenters. The first-order valence-corrected chi connectivity index (χ1v) is 4.76. The van der Waals surface area contributed by atoms with Gasteiger partial charge in [0.05, 0.1) is 4.92 Å². The Hall–Kier alpha value is -2.58. The van der Waals surface area contributed by atoms with Gasteiger partial charge in [-0.1, -0.05) is 17.0 Å². The van der Waals surface area contributed by atoms with Crippen LogP contribution in [0.5, 0.6) is 0 Å². The molecule has 0 fully saturated rings. The number of rotatable bonds is 3. The van der Waals surface area contributed by atoms with Crippen molar-refractivity contribution in [3.63, 3.8) is 0 Å². The van der Waals surface area contributed by atoms with Gasteiger partial charge in [0.25, 0.3) is 5.69 Å². The average molecular weight is 231 g/mol. The van der Waals surface area contributed by atoms with Gasteiger partial charge in [0.1, 0.15) is 5.69 Å². The lowest BCUT2D eigenvalue weighted by Crippen LogP contribution is -1.95. The SMILES string of the molecule is Cc1ncc(C#CCCN=[N+]=[N-])cc1[N+](=O)[O-]. The van der Waals surface area contributed by atoms with Crippen molar-refractivity contribution in [3.8, 4) is 11.8 Å². The topological polar surface area (TPSA) is 105 Å². The number of azide groups is 1. The van der Waals surface area contributed by atoms with E-state index in [1.165, 1.54) is 12.3 Å². The van der Waals surface area contributed by atoms with Crippen LogP contribution in [0.1, 0.15) is 17.7 Å². The van der Waals surface area contributed by atoms with Crippen molar-refractivity contribution in [3.05, 3.63) is 44.1 Å². The Morgan fingerprint density at radius 3 is 3.12 bits per heavy atom. The fourth-order valence-electron chi connectivity index (χ4n) is 1.09. The molecule has 0 spiro atoms. The fraction of sp³-hybridized carbons (Fsp3) is 0.300. The Morgan fingerprint density at radius 1 is 1.71 bits per heavy atom. The summed E-state index contributed by atoms with van der Waals surface area (Å²) in [5.74, 6) is 5.47. The molecule has 86 valence electrons. The van der Waals surface area contributed by atoms with Gasteiger partial charge in [-0.15, -0.1) is 0 Å². The molecule has 0 saturated heterocycles. The molecule has 0 amide bonds. The highest BCUT2D eigenvalue weighted by atomic mass is 16.6. The van der Waals surface area contributed by atoms with E-state index in [-0.39, 0.29) is 12.2 Å². The van der Waals surface area contributed by atoms with Crippen LogP contribution in [0.25, 0.3) is 10.4 Å². The highest BCUT2D eigenvalue weighted by molar-refractivity contribution is 5.43. The van der Waals surface area contributed by atoms with E-state index in [0.29, 0.717) is 17.7 Å². The molecule has 1 rings (SSSR count). The van der Waals surface area contributed by atoms with Crippen LogP contribution in [0, 0.1) is 28.9 Å². The molecular formula is C10H9N5O2. The zero-order chi connectivity index (χ0) is 12.7. The van der Waals surface area contributed by atoms with Gasteiger partial charge in [-0.2, -0.15) is 0 Å². The molecule has 0 bridgehead atoms. The van der Waals surface area contributed by atoms with Crippen LogP contribution in [0.15, 0.2) is 17.4 Å². The zero-order valence-electron chi connectivity index (χ0n) is 9.12. The van der Waals surface area contributed by atoms with E-state index in [4.69, 9.17) is 5.53 Å². The van der Waals surface area contributed by atoms with Crippen molar-refractivity contribution in [1.29, 1.82) is 0 Å². The first-order valence-electron chi connectivity index (χ1n) is 4.76. The van der Waals surface area contributed by atoms with E-state index in [2.05, 4.69) is 26.9 Å². The predicted molar refractivity (Wildman–Crippen MR) is 61.1 cm³/mol. The number of nitrogens with zero attached hydrogens (tertiary/aromatic N) is 5. The summed E-state index contributed by atoms with van der Waals surface area (Å²) in [4.78, 5) is 16.6. The lowest BCUT2D eigenvalue weighted by molar-refractivity contribution is -0.385. The summed E-state index contributed by atoms with van der Waals surface area (Å²) >= 11 is 0. The minimum Gasteiger partial charge on any atom is -0.258 e. The second-order valence-electron chi connectivity index (χ2n) is 3.09. The zero-order valence-corrected chi connectivity index (χ0v) is 9.12. The summed E-state index contributed by atoms with van der Waals surface area (Å²) in [6.07, 6.45) is 1.88. The van der Waals surface area contributed by atoms with Crippen LogP contribution in [0.3, 0.4) is 0 Å². The van der Waals surface area contributed by atoms with Gasteiger partial charge in [-0.05, 0) is 12.5 Å². The smallest absolute Gasteiger partial charge is 0.258 e. The number of aryl methyl sites for hydroxylation is 1. The van der Waals surface area contributed by atoms with Gasteiger partial charge in [0, 0.05) is 35.7 Å². The third-order valence-corrected chi connectivity index (χ3v) is 1.89. The van der Waals surface area contributed by atoms with E-state index >= 15 is 0 Å². The van der Waals surface area contributed by atoms with Crippen LogP contribution >= 0.6 is 0 Å². The maximum absolute atomic E-state index is 10.7. The van der Waals surface area contributed by atoms with E-state index in [9.17, 15) is 10.1 Å². The summed E-state index contributed by atoms with van der Waals surface area (Å²) in [6.45, 7) is 1.85. The molecule has 0 N–H and O–H groups in total. The molecule has 7 nitrogen and oxygen atoms in total. The van der Waals surface area contributed by atoms with Crippen molar-refractivity contribution in [2.24, 2.45) is 5.11 Å². The third kappa shape index (κ3) is 3.81. The van der Waals surface area contributed by atoms with Gasteiger partial charge < -0.3 is 0 Å². The Morgan fingerprint density at radius 2 is 2.47 bits per heavy atom. The van der Waals surface area contributed by atoms with Crippen LogP contribution in [-0.2, 0) is 0 Å². The molecular weight excluding hydrogens is 222 g/mol. The van der Waals surface area contributed by atoms with Crippen molar-refractivity contribution in [2.45, 2.75) is 13.3 Å². The fourth-order valence-corrected chi connectivity index (χ4v) is 1.09. The van der Waals surface area contributed by atoms with Crippen molar-refractivity contribution < 1.29 is 4.92 Å². The molecule has 0 saturated carbocycles. The van der Waals surface area contributed by atoms with Crippen molar-refractivity contribution in [1.82, 2.24) is 4.98 Å². The van der Waals surface area contributed by atoms with Gasteiger partial charge >= 0.3 is 0 Å². The normalized spacial score (nSPS) is 8.76. The maximum atomic E-state index is 10.7. The summed E-state index contributed by atoms with van der Waals surface area (Å²) in [6, 6.07) is 1.38. The second kappa shape index (κ2) is 6.10. The summed E-state index contributed by atoms with van der Waals surface area (Å²) in [7, 11) is 0. The van der Waals surface area contributed by atoms with E-state index in [1.807, 2.05) is 0 Å². The molecule has 0 aliphatic carbocycles. The molecule has 7 heteroatoms. The average Bonchev–Trinajstić information content (AvgIpc) is 2.30. The number of aromatic nitrogens is 1. The predicted octanol–water partition coefficient (Wildman–Crippen LogP) is 2.35.